The predicted molar refractivity (Wildman–Crippen MR) is 67.9 cm³/mol. The van der Waals surface area contributed by atoms with Crippen LogP contribution in [0.4, 0.5) is 4.39 Å². The van der Waals surface area contributed by atoms with Gasteiger partial charge < -0.3 is 4.74 Å². The molecule has 0 atom stereocenters. The number of carbonyl (C=O) groups is 1. The Hall–Kier alpha value is -1.87. The number of halogens is 2. The maximum Gasteiger partial charge on any atom is 0.167 e. The lowest BCUT2D eigenvalue weighted by molar-refractivity contribution is 0.101. The number of hydrogen-bond acceptors (Lipinski definition) is 2. The van der Waals surface area contributed by atoms with Crippen LogP contribution in [0.5, 0.6) is 11.5 Å². The molecule has 0 fully saturated rings. The van der Waals surface area contributed by atoms with E-state index in [9.17, 15) is 9.18 Å². The van der Waals surface area contributed by atoms with Crippen LogP contribution in [0.2, 0.25) is 5.02 Å². The smallest absolute Gasteiger partial charge is 0.167 e. The monoisotopic (exact) mass is 264 g/mol. The molecule has 2 nitrogen and oxygen atoms in total. The fourth-order valence-electron chi connectivity index (χ4n) is 1.44. The van der Waals surface area contributed by atoms with Crippen LogP contribution in [0.15, 0.2) is 42.5 Å². The largest absolute Gasteiger partial charge is 0.454 e. The van der Waals surface area contributed by atoms with E-state index in [2.05, 4.69) is 0 Å². The molecule has 0 bridgehead atoms. The summed E-state index contributed by atoms with van der Waals surface area (Å²) in [5.41, 5.74) is 0.582. The van der Waals surface area contributed by atoms with Gasteiger partial charge in [-0.15, -0.1) is 0 Å². The summed E-state index contributed by atoms with van der Waals surface area (Å²) in [6, 6.07) is 10.7. The highest BCUT2D eigenvalue weighted by Gasteiger charge is 2.06. The van der Waals surface area contributed by atoms with Crippen molar-refractivity contribution >= 4 is 17.4 Å². The van der Waals surface area contributed by atoms with E-state index in [1.165, 1.54) is 19.1 Å². The van der Waals surface area contributed by atoms with Gasteiger partial charge in [0.05, 0.1) is 0 Å². The summed E-state index contributed by atoms with van der Waals surface area (Å²) < 4.78 is 18.8. The summed E-state index contributed by atoms with van der Waals surface area (Å²) in [7, 11) is 0. The van der Waals surface area contributed by atoms with E-state index in [1.807, 2.05) is 0 Å². The molecule has 0 aromatic heterocycles. The highest BCUT2D eigenvalue weighted by molar-refractivity contribution is 6.30. The van der Waals surface area contributed by atoms with Crippen LogP contribution >= 0.6 is 11.6 Å². The molecule has 2 aromatic carbocycles. The molecular formula is C14H10ClFO2. The molecule has 0 saturated heterocycles. The van der Waals surface area contributed by atoms with E-state index in [-0.39, 0.29) is 11.5 Å². The van der Waals surface area contributed by atoms with E-state index in [0.717, 1.165) is 0 Å². The molecule has 0 saturated carbocycles. The first kappa shape index (κ1) is 12.6. The number of rotatable bonds is 3. The Morgan fingerprint density at radius 1 is 1.17 bits per heavy atom. The van der Waals surface area contributed by atoms with Gasteiger partial charge in [0.2, 0.25) is 0 Å². The van der Waals surface area contributed by atoms with Crippen molar-refractivity contribution in [2.45, 2.75) is 6.92 Å². The third kappa shape index (κ3) is 2.87. The van der Waals surface area contributed by atoms with Crippen LogP contribution in [0.25, 0.3) is 0 Å². The predicted octanol–water partition coefficient (Wildman–Crippen LogP) is 4.47. The number of Topliss-reactive ketones (excluding diaryl/α,β-unsaturated/α-hetero) is 1. The molecule has 0 spiro atoms. The van der Waals surface area contributed by atoms with Crippen molar-refractivity contribution in [1.82, 2.24) is 0 Å². The van der Waals surface area contributed by atoms with Crippen LogP contribution < -0.4 is 4.74 Å². The molecule has 0 heterocycles. The van der Waals surface area contributed by atoms with Gasteiger partial charge in [-0.05, 0) is 49.4 Å². The zero-order chi connectivity index (χ0) is 13.1. The van der Waals surface area contributed by atoms with Crippen molar-refractivity contribution in [3.63, 3.8) is 0 Å². The summed E-state index contributed by atoms with van der Waals surface area (Å²) in [6.45, 7) is 1.48. The first-order valence-electron chi connectivity index (χ1n) is 5.30. The topological polar surface area (TPSA) is 26.3 Å². The second kappa shape index (κ2) is 5.19. The van der Waals surface area contributed by atoms with Crippen LogP contribution in [0.1, 0.15) is 17.3 Å². The normalized spacial score (nSPS) is 10.2. The maximum atomic E-state index is 13.5. The third-order valence-electron chi connectivity index (χ3n) is 2.38. The van der Waals surface area contributed by atoms with Crippen LogP contribution in [0.3, 0.4) is 0 Å². The van der Waals surface area contributed by atoms with Gasteiger partial charge in [-0.2, -0.15) is 0 Å². The van der Waals surface area contributed by atoms with Gasteiger partial charge in [-0.3, -0.25) is 4.79 Å². The number of ketones is 1. The SMILES string of the molecule is CC(=O)c1ccc(Oc2ccc(Cl)cc2F)cc1. The van der Waals surface area contributed by atoms with Gasteiger partial charge in [0, 0.05) is 10.6 Å². The fourth-order valence-corrected chi connectivity index (χ4v) is 1.60. The molecule has 0 aliphatic carbocycles. The molecule has 18 heavy (non-hydrogen) atoms. The van der Waals surface area contributed by atoms with Gasteiger partial charge in [-0.1, -0.05) is 11.6 Å². The van der Waals surface area contributed by atoms with E-state index < -0.39 is 5.82 Å². The molecule has 0 aliphatic heterocycles. The molecule has 92 valence electrons. The maximum absolute atomic E-state index is 13.5. The average molecular weight is 265 g/mol. The lowest BCUT2D eigenvalue weighted by atomic mass is 10.1. The number of ether oxygens (including phenoxy) is 1. The molecule has 0 amide bonds. The first-order valence-corrected chi connectivity index (χ1v) is 5.68. The van der Waals surface area contributed by atoms with E-state index in [1.54, 1.807) is 30.3 Å². The van der Waals surface area contributed by atoms with Crippen molar-refractivity contribution in [2.75, 3.05) is 0 Å². The van der Waals surface area contributed by atoms with Gasteiger partial charge in [0.15, 0.2) is 17.3 Å². The summed E-state index contributed by atoms with van der Waals surface area (Å²) in [5.74, 6) is -0.00596. The molecule has 4 heteroatoms. The van der Waals surface area contributed by atoms with E-state index >= 15 is 0 Å². The Labute approximate surface area is 109 Å². The van der Waals surface area contributed by atoms with Crippen molar-refractivity contribution < 1.29 is 13.9 Å². The Kier molecular flexibility index (Phi) is 3.63. The van der Waals surface area contributed by atoms with Crippen molar-refractivity contribution in [3.8, 4) is 11.5 Å². The lowest BCUT2D eigenvalue weighted by Gasteiger charge is -2.07. The Balaban J connectivity index is 2.21. The van der Waals surface area contributed by atoms with Crippen molar-refractivity contribution in [2.24, 2.45) is 0 Å². The molecule has 0 radical (unpaired) electrons. The molecule has 0 N–H and O–H groups in total. The quantitative estimate of drug-likeness (QED) is 0.765. The molecular weight excluding hydrogens is 255 g/mol. The van der Waals surface area contributed by atoms with Gasteiger partial charge in [0.25, 0.3) is 0 Å². The summed E-state index contributed by atoms with van der Waals surface area (Å²) in [5, 5.41) is 0.312. The molecule has 0 aliphatic rings. The minimum Gasteiger partial charge on any atom is -0.454 e. The number of carbonyl (C=O) groups excluding carboxylic acids is 1. The number of benzene rings is 2. The summed E-state index contributed by atoms with van der Waals surface area (Å²) >= 11 is 5.64. The molecule has 2 aromatic rings. The Bertz CT molecular complexity index is 579. The third-order valence-corrected chi connectivity index (χ3v) is 2.62. The minimum atomic E-state index is -0.529. The average Bonchev–Trinajstić information content (AvgIpc) is 2.33. The Morgan fingerprint density at radius 3 is 2.39 bits per heavy atom. The fraction of sp³-hybridized carbons (Fsp3) is 0.0714. The van der Waals surface area contributed by atoms with E-state index in [4.69, 9.17) is 16.3 Å². The highest BCUT2D eigenvalue weighted by atomic mass is 35.5. The zero-order valence-corrected chi connectivity index (χ0v) is 10.4. The minimum absolute atomic E-state index is 0.0285. The second-order valence-electron chi connectivity index (χ2n) is 3.76. The summed E-state index contributed by atoms with van der Waals surface area (Å²) in [4.78, 5) is 11.1. The molecule has 0 unspecified atom stereocenters. The standard InChI is InChI=1S/C14H10ClFO2/c1-9(17)10-2-5-12(6-3-10)18-14-7-4-11(15)8-13(14)16/h2-8H,1H3. The van der Waals surface area contributed by atoms with E-state index in [0.29, 0.717) is 16.3 Å². The zero-order valence-electron chi connectivity index (χ0n) is 9.61. The van der Waals surface area contributed by atoms with Gasteiger partial charge in [0.1, 0.15) is 5.75 Å². The second-order valence-corrected chi connectivity index (χ2v) is 4.19. The van der Waals surface area contributed by atoms with Gasteiger partial charge in [-0.25, -0.2) is 4.39 Å². The Morgan fingerprint density at radius 2 is 1.83 bits per heavy atom. The van der Waals surface area contributed by atoms with Crippen LogP contribution in [-0.2, 0) is 0 Å². The van der Waals surface area contributed by atoms with Gasteiger partial charge >= 0.3 is 0 Å². The van der Waals surface area contributed by atoms with Crippen molar-refractivity contribution in [3.05, 3.63) is 58.9 Å². The first-order chi connectivity index (χ1) is 8.56. The lowest BCUT2D eigenvalue weighted by Crippen LogP contribution is -1.92. The highest BCUT2D eigenvalue weighted by Crippen LogP contribution is 2.26. The van der Waals surface area contributed by atoms with Crippen LogP contribution in [0, 0.1) is 5.82 Å². The van der Waals surface area contributed by atoms with Crippen LogP contribution in [-0.4, -0.2) is 5.78 Å². The number of hydrogen-bond donors (Lipinski definition) is 0. The summed E-state index contributed by atoms with van der Waals surface area (Å²) in [6.07, 6.45) is 0. The molecule has 2 rings (SSSR count). The van der Waals surface area contributed by atoms with Crippen molar-refractivity contribution in [1.29, 1.82) is 0 Å².